The Balaban J connectivity index is 2.22. The average molecular weight is 310 g/mol. The zero-order valence-corrected chi connectivity index (χ0v) is 11.6. The van der Waals surface area contributed by atoms with Crippen LogP contribution in [-0.2, 0) is 9.84 Å². The quantitative estimate of drug-likeness (QED) is 0.821. The van der Waals surface area contributed by atoms with Crippen LogP contribution in [0.15, 0.2) is 29.2 Å². The number of hydrogen-bond donors (Lipinski definition) is 1. The molecule has 1 fully saturated rings. The van der Waals surface area contributed by atoms with Gasteiger partial charge >= 0.3 is 5.76 Å². The Kier molecular flexibility index (Phi) is 4.01. The molecule has 0 bridgehead atoms. The maximum Gasteiger partial charge on any atom is 0.341 e. The monoisotopic (exact) mass is 309 g/mol. The first-order valence-corrected chi connectivity index (χ1v) is 7.90. The number of para-hydroxylation sites is 1. The van der Waals surface area contributed by atoms with Crippen molar-refractivity contribution in [3.05, 3.63) is 24.3 Å². The topological polar surface area (TPSA) is 46.2 Å². The van der Waals surface area contributed by atoms with Crippen molar-refractivity contribution < 1.29 is 17.2 Å². The first-order valence-electron chi connectivity index (χ1n) is 5.82. The molecule has 0 amide bonds. The predicted octanol–water partition coefficient (Wildman–Crippen LogP) is 3.11. The first kappa shape index (κ1) is 14.5. The van der Waals surface area contributed by atoms with Gasteiger partial charge in [0.15, 0.2) is 0 Å². The van der Waals surface area contributed by atoms with Gasteiger partial charge in [-0.15, -0.1) is 11.6 Å². The van der Waals surface area contributed by atoms with Crippen LogP contribution in [0.2, 0.25) is 0 Å². The Morgan fingerprint density at radius 3 is 2.47 bits per heavy atom. The molecule has 0 aromatic heterocycles. The summed E-state index contributed by atoms with van der Waals surface area (Å²) in [5.41, 5.74) is 0.183. The van der Waals surface area contributed by atoms with E-state index in [-0.39, 0.29) is 16.0 Å². The number of alkyl halides is 3. The summed E-state index contributed by atoms with van der Waals surface area (Å²) in [6.07, 6.45) is 1.93. The third-order valence-corrected chi connectivity index (χ3v) is 5.33. The van der Waals surface area contributed by atoms with Crippen LogP contribution >= 0.6 is 11.6 Å². The van der Waals surface area contributed by atoms with Gasteiger partial charge in [0.1, 0.15) is 0 Å². The lowest BCUT2D eigenvalue weighted by Crippen LogP contribution is -2.19. The highest BCUT2D eigenvalue weighted by Gasteiger charge is 2.41. The van der Waals surface area contributed by atoms with Crippen LogP contribution < -0.4 is 5.32 Å². The van der Waals surface area contributed by atoms with Gasteiger partial charge in [-0.3, -0.25) is 0 Å². The van der Waals surface area contributed by atoms with Crippen molar-refractivity contribution in [3.8, 4) is 0 Å². The molecular formula is C12H14ClF2NO2S. The summed E-state index contributed by atoms with van der Waals surface area (Å²) in [6.45, 7) is 0.492. The van der Waals surface area contributed by atoms with Crippen molar-refractivity contribution in [1.82, 2.24) is 0 Å². The summed E-state index contributed by atoms with van der Waals surface area (Å²) in [5, 5.41) is 2.93. The molecule has 19 heavy (non-hydrogen) atoms. The summed E-state index contributed by atoms with van der Waals surface area (Å²) in [7, 11) is -4.59. The molecule has 1 saturated carbocycles. The molecule has 106 valence electrons. The van der Waals surface area contributed by atoms with Crippen molar-refractivity contribution >= 4 is 27.1 Å². The second-order valence-electron chi connectivity index (χ2n) is 4.79. The third kappa shape index (κ3) is 3.00. The molecule has 0 radical (unpaired) electrons. The first-order chi connectivity index (χ1) is 8.91. The van der Waals surface area contributed by atoms with Crippen molar-refractivity contribution in [2.75, 3.05) is 17.7 Å². The van der Waals surface area contributed by atoms with Crippen LogP contribution in [0.4, 0.5) is 14.5 Å². The molecule has 0 aliphatic heterocycles. The van der Waals surface area contributed by atoms with E-state index in [1.807, 2.05) is 0 Å². The molecular weight excluding hydrogens is 296 g/mol. The van der Waals surface area contributed by atoms with Crippen molar-refractivity contribution in [3.63, 3.8) is 0 Å². The highest BCUT2D eigenvalue weighted by molar-refractivity contribution is 7.91. The lowest BCUT2D eigenvalue weighted by atomic mass is 10.1. The summed E-state index contributed by atoms with van der Waals surface area (Å²) in [5.74, 6) is -2.94. The fourth-order valence-corrected chi connectivity index (χ4v) is 3.04. The second-order valence-corrected chi connectivity index (χ2v) is 6.94. The molecule has 1 N–H and O–H groups in total. The zero-order chi connectivity index (χ0) is 14.1. The largest absolute Gasteiger partial charge is 0.383 e. The normalized spacial score (nSPS) is 17.5. The Morgan fingerprint density at radius 2 is 1.95 bits per heavy atom. The molecule has 3 nitrogen and oxygen atoms in total. The van der Waals surface area contributed by atoms with Crippen LogP contribution in [0.1, 0.15) is 12.8 Å². The van der Waals surface area contributed by atoms with E-state index in [9.17, 15) is 17.2 Å². The number of nitrogens with one attached hydrogen (secondary N) is 1. The van der Waals surface area contributed by atoms with Crippen molar-refractivity contribution in [2.45, 2.75) is 23.5 Å². The number of anilines is 1. The summed E-state index contributed by atoms with van der Waals surface area (Å²) >= 11 is 5.82. The van der Waals surface area contributed by atoms with Crippen molar-refractivity contribution in [1.29, 1.82) is 0 Å². The maximum atomic E-state index is 12.6. The van der Waals surface area contributed by atoms with Crippen LogP contribution in [-0.4, -0.2) is 26.6 Å². The van der Waals surface area contributed by atoms with E-state index in [2.05, 4.69) is 5.32 Å². The lowest BCUT2D eigenvalue weighted by molar-refractivity contribution is 0.235. The smallest absolute Gasteiger partial charge is 0.341 e. The summed E-state index contributed by atoms with van der Waals surface area (Å²) in [4.78, 5) is -0.365. The van der Waals surface area contributed by atoms with E-state index in [1.165, 1.54) is 18.2 Å². The van der Waals surface area contributed by atoms with Gasteiger partial charge < -0.3 is 5.32 Å². The van der Waals surface area contributed by atoms with E-state index in [0.29, 0.717) is 12.4 Å². The molecule has 0 heterocycles. The zero-order valence-electron chi connectivity index (χ0n) is 10.1. The van der Waals surface area contributed by atoms with Gasteiger partial charge in [0, 0.05) is 17.8 Å². The molecule has 0 saturated heterocycles. The average Bonchev–Trinajstić information content (AvgIpc) is 3.17. The maximum absolute atomic E-state index is 12.6. The molecule has 1 aliphatic rings. The van der Waals surface area contributed by atoms with Crippen LogP contribution in [0, 0.1) is 5.41 Å². The Morgan fingerprint density at radius 1 is 1.32 bits per heavy atom. The van der Waals surface area contributed by atoms with E-state index in [4.69, 9.17) is 11.6 Å². The minimum Gasteiger partial charge on any atom is -0.383 e. The van der Waals surface area contributed by atoms with Gasteiger partial charge in [-0.25, -0.2) is 8.42 Å². The van der Waals surface area contributed by atoms with E-state index in [1.54, 1.807) is 6.07 Å². The molecule has 0 spiro atoms. The molecule has 1 aromatic carbocycles. The molecule has 2 rings (SSSR count). The summed E-state index contributed by atoms with van der Waals surface area (Å²) in [6, 6.07) is 5.70. The van der Waals surface area contributed by atoms with Crippen LogP contribution in [0.3, 0.4) is 0 Å². The lowest BCUT2D eigenvalue weighted by Gasteiger charge is -2.16. The number of halogens is 3. The number of benzene rings is 1. The minimum atomic E-state index is -4.59. The number of hydrogen-bond acceptors (Lipinski definition) is 3. The number of rotatable bonds is 6. The predicted molar refractivity (Wildman–Crippen MR) is 70.5 cm³/mol. The SMILES string of the molecule is O=S(=O)(c1ccccc1NCC1(CCl)CC1)C(F)F. The molecule has 0 unspecified atom stereocenters. The van der Waals surface area contributed by atoms with Gasteiger partial charge in [0.2, 0.25) is 9.84 Å². The highest BCUT2D eigenvalue weighted by Crippen LogP contribution is 2.46. The van der Waals surface area contributed by atoms with Gasteiger partial charge in [0.25, 0.3) is 0 Å². The number of sulfone groups is 1. The van der Waals surface area contributed by atoms with Crippen molar-refractivity contribution in [2.24, 2.45) is 5.41 Å². The van der Waals surface area contributed by atoms with Gasteiger partial charge in [-0.05, 0) is 25.0 Å². The van der Waals surface area contributed by atoms with Gasteiger partial charge in [-0.2, -0.15) is 8.78 Å². The Hall–Kier alpha value is -0.880. The van der Waals surface area contributed by atoms with Crippen LogP contribution in [0.5, 0.6) is 0 Å². The Labute approximate surface area is 115 Å². The second kappa shape index (κ2) is 5.25. The minimum absolute atomic E-state index is 0.0245. The van der Waals surface area contributed by atoms with Gasteiger partial charge in [-0.1, -0.05) is 12.1 Å². The van der Waals surface area contributed by atoms with Crippen LogP contribution in [0.25, 0.3) is 0 Å². The standard InChI is InChI=1S/C12H14ClF2NO2S/c13-7-12(5-6-12)8-16-9-3-1-2-4-10(9)19(17,18)11(14)15/h1-4,11,16H,5-8H2. The van der Waals surface area contributed by atoms with E-state index in [0.717, 1.165) is 12.8 Å². The molecule has 0 atom stereocenters. The van der Waals surface area contributed by atoms with Gasteiger partial charge in [0.05, 0.1) is 10.6 Å². The molecule has 7 heteroatoms. The van der Waals surface area contributed by atoms with E-state index < -0.39 is 15.6 Å². The van der Waals surface area contributed by atoms with E-state index >= 15 is 0 Å². The fourth-order valence-electron chi connectivity index (χ4n) is 1.77. The third-order valence-electron chi connectivity index (χ3n) is 3.32. The molecule has 1 aromatic rings. The fraction of sp³-hybridized carbons (Fsp3) is 0.500. The summed E-state index contributed by atoms with van der Waals surface area (Å²) < 4.78 is 48.3. The molecule has 1 aliphatic carbocycles. The highest BCUT2D eigenvalue weighted by atomic mass is 35.5. The Bertz CT molecular complexity index is 559.